The Morgan fingerprint density at radius 3 is 2.80 bits per heavy atom. The second-order valence-electron chi connectivity index (χ2n) is 9.12. The summed E-state index contributed by atoms with van der Waals surface area (Å²) in [5.41, 5.74) is 2.16. The van der Waals surface area contributed by atoms with E-state index in [2.05, 4.69) is 54.6 Å². The first-order valence-electron chi connectivity index (χ1n) is 11.0. The smallest absolute Gasteiger partial charge is 0.225 e. The molecule has 3 N–H and O–H groups in total. The van der Waals surface area contributed by atoms with Crippen LogP contribution < -0.4 is 16.0 Å². The topological polar surface area (TPSA) is 68.8 Å². The number of piperidine rings is 1. The van der Waals surface area contributed by atoms with Crippen molar-refractivity contribution >= 4 is 41.5 Å². The first-order valence-corrected chi connectivity index (χ1v) is 11.0. The molecular weight excluding hydrogens is 489 g/mol. The number of amides is 1. The second kappa shape index (κ2) is 11.3. The number of hydrogen-bond donors (Lipinski definition) is 3. The summed E-state index contributed by atoms with van der Waals surface area (Å²) in [7, 11) is 0. The standard InChI is InChI=1S/C23H37N5O.HI/c1-5-24-22(26-16-23(3,4)28-12-8-9-17(2)15-28)25-14-18-13-21(29)27-20-11-7-6-10-19(18)20;/h6-7,10-11,17-18H,5,8-9,12-16H2,1-4H3,(H,27,29)(H2,24,25,26);1H. The SMILES string of the molecule is CCNC(=NCC(C)(C)N1CCCC(C)C1)NCC1CC(=O)Nc2ccccc21.I. The monoisotopic (exact) mass is 527 g/mol. The number of carbonyl (C=O) groups excluding carboxylic acids is 1. The van der Waals surface area contributed by atoms with E-state index in [9.17, 15) is 4.79 Å². The molecule has 0 aromatic heterocycles. The van der Waals surface area contributed by atoms with Crippen molar-refractivity contribution in [1.29, 1.82) is 0 Å². The molecule has 6 nitrogen and oxygen atoms in total. The fourth-order valence-electron chi connectivity index (χ4n) is 4.36. The molecule has 2 aliphatic rings. The van der Waals surface area contributed by atoms with Crippen molar-refractivity contribution in [1.82, 2.24) is 15.5 Å². The van der Waals surface area contributed by atoms with Crippen LogP contribution in [0.1, 0.15) is 58.4 Å². The number of nitrogens with one attached hydrogen (secondary N) is 3. The highest BCUT2D eigenvalue weighted by molar-refractivity contribution is 14.0. The molecular formula is C23H38IN5O. The Hall–Kier alpha value is -1.35. The number of likely N-dealkylation sites (tertiary alicyclic amines) is 1. The minimum Gasteiger partial charge on any atom is -0.357 e. The predicted molar refractivity (Wildman–Crippen MR) is 136 cm³/mol. The van der Waals surface area contributed by atoms with Crippen LogP contribution in [0.15, 0.2) is 29.3 Å². The summed E-state index contributed by atoms with van der Waals surface area (Å²) in [5.74, 6) is 1.82. The average molecular weight is 527 g/mol. The zero-order valence-corrected chi connectivity index (χ0v) is 21.2. The molecule has 2 heterocycles. The number of halogens is 1. The fraction of sp³-hybridized carbons (Fsp3) is 0.652. The molecule has 2 aliphatic heterocycles. The van der Waals surface area contributed by atoms with Gasteiger partial charge in [0, 0.05) is 43.2 Å². The number of anilines is 1. The Morgan fingerprint density at radius 1 is 1.30 bits per heavy atom. The molecule has 0 aliphatic carbocycles. The van der Waals surface area contributed by atoms with Crippen LogP contribution in [0.3, 0.4) is 0 Å². The van der Waals surface area contributed by atoms with Crippen LogP contribution in [0, 0.1) is 5.92 Å². The Kier molecular flexibility index (Phi) is 9.40. The van der Waals surface area contributed by atoms with E-state index in [1.165, 1.54) is 18.4 Å². The number of guanidine groups is 1. The van der Waals surface area contributed by atoms with Gasteiger partial charge in [-0.3, -0.25) is 14.7 Å². The van der Waals surface area contributed by atoms with Crippen LogP contribution in [0.25, 0.3) is 0 Å². The average Bonchev–Trinajstić information content (AvgIpc) is 2.69. The van der Waals surface area contributed by atoms with E-state index in [1.807, 2.05) is 18.2 Å². The Bertz CT molecular complexity index is 736. The molecule has 1 saturated heterocycles. The molecule has 0 bridgehead atoms. The molecule has 7 heteroatoms. The summed E-state index contributed by atoms with van der Waals surface area (Å²) in [4.78, 5) is 19.6. The van der Waals surface area contributed by atoms with Gasteiger partial charge in [-0.05, 0) is 57.7 Å². The predicted octanol–water partition coefficient (Wildman–Crippen LogP) is 3.80. The highest BCUT2D eigenvalue weighted by Gasteiger charge is 2.30. The normalized spacial score (nSPS) is 22.5. The van der Waals surface area contributed by atoms with Crippen molar-refractivity contribution < 1.29 is 4.79 Å². The molecule has 1 amide bonds. The lowest BCUT2D eigenvalue weighted by Crippen LogP contribution is -2.51. The van der Waals surface area contributed by atoms with E-state index in [0.717, 1.165) is 43.7 Å². The molecule has 1 aromatic carbocycles. The van der Waals surface area contributed by atoms with Crippen molar-refractivity contribution in [3.8, 4) is 0 Å². The first-order chi connectivity index (χ1) is 13.9. The summed E-state index contributed by atoms with van der Waals surface area (Å²) < 4.78 is 0. The maximum atomic E-state index is 12.1. The number of nitrogens with zero attached hydrogens (tertiary/aromatic N) is 2. The van der Waals surface area contributed by atoms with Gasteiger partial charge in [0.15, 0.2) is 5.96 Å². The van der Waals surface area contributed by atoms with Crippen LogP contribution in [0.4, 0.5) is 5.69 Å². The van der Waals surface area contributed by atoms with Gasteiger partial charge in [-0.15, -0.1) is 24.0 Å². The van der Waals surface area contributed by atoms with Crippen LogP contribution in [-0.4, -0.2) is 55.0 Å². The van der Waals surface area contributed by atoms with Gasteiger partial charge in [0.1, 0.15) is 0 Å². The largest absolute Gasteiger partial charge is 0.357 e. The molecule has 1 fully saturated rings. The van der Waals surface area contributed by atoms with Crippen molar-refractivity contribution in [3.63, 3.8) is 0 Å². The molecule has 3 rings (SSSR count). The van der Waals surface area contributed by atoms with E-state index in [-0.39, 0.29) is 41.3 Å². The molecule has 0 saturated carbocycles. The van der Waals surface area contributed by atoms with Gasteiger partial charge >= 0.3 is 0 Å². The van der Waals surface area contributed by atoms with Crippen molar-refractivity contribution in [2.75, 3.05) is 38.0 Å². The number of aliphatic imine (C=N–C) groups is 1. The number of carbonyl (C=O) groups is 1. The van der Waals surface area contributed by atoms with Gasteiger partial charge < -0.3 is 16.0 Å². The lowest BCUT2D eigenvalue weighted by molar-refractivity contribution is -0.116. The van der Waals surface area contributed by atoms with Gasteiger partial charge in [-0.1, -0.05) is 25.1 Å². The lowest BCUT2D eigenvalue weighted by Gasteiger charge is -2.42. The Balaban J connectivity index is 0.00000320. The molecule has 0 spiro atoms. The molecule has 2 atom stereocenters. The second-order valence-corrected chi connectivity index (χ2v) is 9.12. The van der Waals surface area contributed by atoms with Crippen molar-refractivity contribution in [2.45, 2.75) is 58.4 Å². The zero-order valence-electron chi connectivity index (χ0n) is 18.8. The first kappa shape index (κ1) is 24.9. The van der Waals surface area contributed by atoms with E-state index in [1.54, 1.807) is 0 Å². The number of benzene rings is 1. The summed E-state index contributed by atoms with van der Waals surface area (Å²) in [6.45, 7) is 13.6. The number of rotatable bonds is 6. The highest BCUT2D eigenvalue weighted by Crippen LogP contribution is 2.31. The Labute approximate surface area is 198 Å². The lowest BCUT2D eigenvalue weighted by atomic mass is 9.90. The number of fused-ring (bicyclic) bond motifs is 1. The van der Waals surface area contributed by atoms with E-state index in [0.29, 0.717) is 13.0 Å². The number of para-hydroxylation sites is 1. The van der Waals surface area contributed by atoms with Crippen molar-refractivity contribution in [3.05, 3.63) is 29.8 Å². The quantitative estimate of drug-likeness (QED) is 0.299. The maximum Gasteiger partial charge on any atom is 0.225 e. The van der Waals surface area contributed by atoms with E-state index in [4.69, 9.17) is 4.99 Å². The maximum absolute atomic E-state index is 12.1. The van der Waals surface area contributed by atoms with Gasteiger partial charge in [-0.25, -0.2) is 0 Å². The van der Waals surface area contributed by atoms with Crippen molar-refractivity contribution in [2.24, 2.45) is 10.9 Å². The molecule has 30 heavy (non-hydrogen) atoms. The van der Waals surface area contributed by atoms with Gasteiger partial charge in [0.2, 0.25) is 5.91 Å². The minimum atomic E-state index is 0. The van der Waals surface area contributed by atoms with Gasteiger partial charge in [0.05, 0.1) is 6.54 Å². The van der Waals surface area contributed by atoms with Crippen LogP contribution >= 0.6 is 24.0 Å². The van der Waals surface area contributed by atoms with Gasteiger partial charge in [-0.2, -0.15) is 0 Å². The van der Waals surface area contributed by atoms with E-state index < -0.39 is 0 Å². The number of hydrogen-bond acceptors (Lipinski definition) is 3. The Morgan fingerprint density at radius 2 is 2.07 bits per heavy atom. The third kappa shape index (κ3) is 6.57. The zero-order chi connectivity index (χ0) is 20.9. The summed E-state index contributed by atoms with van der Waals surface area (Å²) in [6.07, 6.45) is 3.10. The summed E-state index contributed by atoms with van der Waals surface area (Å²) >= 11 is 0. The molecule has 1 aromatic rings. The molecule has 2 unspecified atom stereocenters. The summed E-state index contributed by atoms with van der Waals surface area (Å²) in [6, 6.07) is 8.07. The molecule has 168 valence electrons. The van der Waals surface area contributed by atoms with Crippen LogP contribution in [-0.2, 0) is 4.79 Å². The third-order valence-electron chi connectivity index (χ3n) is 6.10. The summed E-state index contributed by atoms with van der Waals surface area (Å²) in [5, 5.41) is 9.81. The minimum absolute atomic E-state index is 0. The van der Waals surface area contributed by atoms with Gasteiger partial charge in [0.25, 0.3) is 0 Å². The third-order valence-corrected chi connectivity index (χ3v) is 6.10. The van der Waals surface area contributed by atoms with E-state index >= 15 is 0 Å². The van der Waals surface area contributed by atoms with Crippen LogP contribution in [0.5, 0.6) is 0 Å². The molecule has 0 radical (unpaired) electrons. The fourth-order valence-corrected chi connectivity index (χ4v) is 4.36. The highest BCUT2D eigenvalue weighted by atomic mass is 127. The van der Waals surface area contributed by atoms with Crippen LogP contribution in [0.2, 0.25) is 0 Å².